The zero-order chi connectivity index (χ0) is 10.8. The van der Waals surface area contributed by atoms with E-state index >= 15 is 0 Å². The van der Waals surface area contributed by atoms with Crippen molar-refractivity contribution in [1.29, 1.82) is 5.26 Å². The zero-order valence-electron chi connectivity index (χ0n) is 9.16. The fourth-order valence-corrected chi connectivity index (χ4v) is 1.91. The molecular formula is C10H19N3O. The lowest BCUT2D eigenvalue weighted by atomic mass is 10.0. The van der Waals surface area contributed by atoms with E-state index in [1.54, 1.807) is 6.92 Å². The fourth-order valence-electron chi connectivity index (χ4n) is 1.91. The van der Waals surface area contributed by atoms with E-state index in [-0.39, 0.29) is 12.2 Å². The van der Waals surface area contributed by atoms with Crippen molar-refractivity contribution in [2.24, 2.45) is 5.73 Å². The average molecular weight is 197 g/mol. The van der Waals surface area contributed by atoms with E-state index in [0.29, 0.717) is 6.54 Å². The lowest BCUT2D eigenvalue weighted by molar-refractivity contribution is -0.0704. The molecule has 0 aromatic heterocycles. The summed E-state index contributed by atoms with van der Waals surface area (Å²) in [5.74, 6) is 0. The topological polar surface area (TPSA) is 62.3 Å². The third-order valence-corrected chi connectivity index (χ3v) is 2.30. The molecule has 1 fully saturated rings. The van der Waals surface area contributed by atoms with Crippen LogP contribution in [0.4, 0.5) is 0 Å². The number of nitriles is 1. The molecule has 1 aliphatic rings. The van der Waals surface area contributed by atoms with Crippen LogP contribution < -0.4 is 5.73 Å². The normalized spacial score (nSPS) is 33.4. The molecule has 80 valence electrons. The first-order valence-electron chi connectivity index (χ1n) is 5.01. The maximum absolute atomic E-state index is 8.82. The Bertz CT molecular complexity index is 224. The Kier molecular flexibility index (Phi) is 3.48. The molecule has 4 heteroatoms. The maximum atomic E-state index is 8.82. The highest BCUT2D eigenvalue weighted by molar-refractivity contribution is 5.03. The van der Waals surface area contributed by atoms with Crippen LogP contribution in [-0.4, -0.2) is 42.3 Å². The van der Waals surface area contributed by atoms with Crippen molar-refractivity contribution in [3.63, 3.8) is 0 Å². The molecule has 4 nitrogen and oxygen atoms in total. The maximum Gasteiger partial charge on any atom is 0.114 e. The van der Waals surface area contributed by atoms with Gasteiger partial charge in [-0.2, -0.15) is 5.26 Å². The van der Waals surface area contributed by atoms with Crippen molar-refractivity contribution < 1.29 is 4.74 Å². The number of nitrogens with two attached hydrogens (primary N) is 1. The SMILES string of the molecule is C[C@@H]1CN(CC(C)(N)C#N)C[C@H](C)O1. The van der Waals surface area contributed by atoms with Gasteiger partial charge in [0.2, 0.25) is 0 Å². The third kappa shape index (κ3) is 3.26. The highest BCUT2D eigenvalue weighted by Crippen LogP contribution is 2.12. The van der Waals surface area contributed by atoms with E-state index < -0.39 is 5.54 Å². The quantitative estimate of drug-likeness (QED) is 0.693. The molecule has 0 aromatic rings. The summed E-state index contributed by atoms with van der Waals surface area (Å²) in [4.78, 5) is 2.20. The van der Waals surface area contributed by atoms with E-state index in [1.165, 1.54) is 0 Å². The summed E-state index contributed by atoms with van der Waals surface area (Å²) < 4.78 is 5.60. The monoisotopic (exact) mass is 197 g/mol. The van der Waals surface area contributed by atoms with Crippen LogP contribution in [-0.2, 0) is 4.74 Å². The van der Waals surface area contributed by atoms with Gasteiger partial charge in [-0.3, -0.25) is 4.90 Å². The third-order valence-electron chi connectivity index (χ3n) is 2.30. The fraction of sp³-hybridized carbons (Fsp3) is 0.900. The molecule has 2 N–H and O–H groups in total. The molecule has 14 heavy (non-hydrogen) atoms. The molecule has 0 bridgehead atoms. The standard InChI is InChI=1S/C10H19N3O/c1-8-4-13(5-9(2)14-8)7-10(3,12)6-11/h8-9H,4-5,7,12H2,1-3H3/t8-,9+,10?. The van der Waals surface area contributed by atoms with E-state index in [9.17, 15) is 0 Å². The minimum absolute atomic E-state index is 0.230. The summed E-state index contributed by atoms with van der Waals surface area (Å²) in [6.07, 6.45) is 0.460. The van der Waals surface area contributed by atoms with Gasteiger partial charge in [-0.15, -0.1) is 0 Å². The summed E-state index contributed by atoms with van der Waals surface area (Å²) in [6, 6.07) is 2.11. The van der Waals surface area contributed by atoms with Crippen LogP contribution in [0, 0.1) is 11.3 Å². The molecule has 0 amide bonds. The van der Waals surface area contributed by atoms with Crippen LogP contribution in [0.3, 0.4) is 0 Å². The zero-order valence-corrected chi connectivity index (χ0v) is 9.16. The summed E-state index contributed by atoms with van der Waals surface area (Å²) in [5, 5.41) is 8.82. The van der Waals surface area contributed by atoms with Gasteiger partial charge in [0.15, 0.2) is 0 Å². The molecule has 0 radical (unpaired) electrons. The Morgan fingerprint density at radius 3 is 2.43 bits per heavy atom. The molecule has 0 aromatic carbocycles. The van der Waals surface area contributed by atoms with Gasteiger partial charge in [-0.05, 0) is 20.8 Å². The smallest absolute Gasteiger partial charge is 0.114 e. The number of rotatable bonds is 2. The van der Waals surface area contributed by atoms with Crippen LogP contribution in [0.15, 0.2) is 0 Å². The highest BCUT2D eigenvalue weighted by Gasteiger charge is 2.27. The van der Waals surface area contributed by atoms with Gasteiger partial charge in [0, 0.05) is 19.6 Å². The molecule has 1 saturated heterocycles. The minimum Gasteiger partial charge on any atom is -0.373 e. The van der Waals surface area contributed by atoms with Gasteiger partial charge in [-0.1, -0.05) is 0 Å². The Hall–Kier alpha value is -0.630. The number of hydrogen-bond acceptors (Lipinski definition) is 4. The molecule has 0 aliphatic carbocycles. The predicted octanol–water partition coefficient (Wildman–Crippen LogP) is 0.337. The van der Waals surface area contributed by atoms with Crippen molar-refractivity contribution in [1.82, 2.24) is 4.90 Å². The molecule has 3 atom stereocenters. The minimum atomic E-state index is -0.753. The van der Waals surface area contributed by atoms with Gasteiger partial charge in [0.05, 0.1) is 18.3 Å². The van der Waals surface area contributed by atoms with Crippen molar-refractivity contribution >= 4 is 0 Å². The lowest BCUT2D eigenvalue weighted by Crippen LogP contribution is -2.53. The van der Waals surface area contributed by atoms with Crippen LogP contribution in [0.5, 0.6) is 0 Å². The summed E-state index contributed by atoms with van der Waals surface area (Å²) in [6.45, 7) is 8.18. The first-order valence-corrected chi connectivity index (χ1v) is 5.01. The van der Waals surface area contributed by atoms with Crippen molar-refractivity contribution in [2.75, 3.05) is 19.6 Å². The molecule has 1 unspecified atom stereocenters. The van der Waals surface area contributed by atoms with Crippen LogP contribution in [0.1, 0.15) is 20.8 Å². The summed E-state index contributed by atoms with van der Waals surface area (Å²) in [7, 11) is 0. The second-order valence-corrected chi connectivity index (χ2v) is 4.48. The largest absolute Gasteiger partial charge is 0.373 e. The van der Waals surface area contributed by atoms with E-state index in [2.05, 4.69) is 11.0 Å². The summed E-state index contributed by atoms with van der Waals surface area (Å²) in [5.41, 5.74) is 5.04. The Morgan fingerprint density at radius 2 is 2.00 bits per heavy atom. The first-order chi connectivity index (χ1) is 6.43. The van der Waals surface area contributed by atoms with Crippen molar-refractivity contribution in [2.45, 2.75) is 38.5 Å². The molecule has 1 rings (SSSR count). The van der Waals surface area contributed by atoms with E-state index in [4.69, 9.17) is 15.7 Å². The van der Waals surface area contributed by atoms with Gasteiger partial charge >= 0.3 is 0 Å². The van der Waals surface area contributed by atoms with Crippen molar-refractivity contribution in [3.05, 3.63) is 0 Å². The molecular weight excluding hydrogens is 178 g/mol. The average Bonchev–Trinajstić information content (AvgIpc) is 2.01. The van der Waals surface area contributed by atoms with Crippen LogP contribution in [0.25, 0.3) is 0 Å². The number of hydrogen-bond donors (Lipinski definition) is 1. The second-order valence-electron chi connectivity index (χ2n) is 4.48. The van der Waals surface area contributed by atoms with E-state index in [1.807, 2.05) is 13.8 Å². The van der Waals surface area contributed by atoms with Gasteiger partial charge in [0.25, 0.3) is 0 Å². The van der Waals surface area contributed by atoms with Crippen LogP contribution >= 0.6 is 0 Å². The molecule has 1 heterocycles. The lowest BCUT2D eigenvalue weighted by Gasteiger charge is -2.37. The number of nitrogens with zero attached hydrogens (tertiary/aromatic N) is 2. The molecule has 1 aliphatic heterocycles. The Balaban J connectivity index is 2.49. The van der Waals surface area contributed by atoms with Gasteiger partial charge in [0.1, 0.15) is 5.54 Å². The first kappa shape index (κ1) is 11.4. The van der Waals surface area contributed by atoms with Gasteiger partial charge < -0.3 is 10.5 Å². The van der Waals surface area contributed by atoms with Gasteiger partial charge in [-0.25, -0.2) is 0 Å². The summed E-state index contributed by atoms with van der Waals surface area (Å²) >= 11 is 0. The number of ether oxygens (including phenoxy) is 1. The highest BCUT2D eigenvalue weighted by atomic mass is 16.5. The van der Waals surface area contributed by atoms with E-state index in [0.717, 1.165) is 13.1 Å². The van der Waals surface area contributed by atoms with Crippen LogP contribution in [0.2, 0.25) is 0 Å². The Labute approximate surface area is 85.6 Å². The van der Waals surface area contributed by atoms with Crippen molar-refractivity contribution in [3.8, 4) is 6.07 Å². The predicted molar refractivity (Wildman–Crippen MR) is 54.7 cm³/mol. The second kappa shape index (κ2) is 4.26. The molecule has 0 spiro atoms. The molecule has 0 saturated carbocycles. The number of morpholine rings is 1. The Morgan fingerprint density at radius 1 is 1.50 bits per heavy atom.